The van der Waals surface area contributed by atoms with Crippen LogP contribution >= 0.6 is 0 Å². The van der Waals surface area contributed by atoms with Gasteiger partial charge in [0.2, 0.25) is 6.29 Å². The zero-order valence-corrected chi connectivity index (χ0v) is 8.51. The first-order valence-corrected chi connectivity index (χ1v) is 4.99. The van der Waals surface area contributed by atoms with Gasteiger partial charge in [0.1, 0.15) is 0 Å². The number of nitrogens with zero attached hydrogens (tertiary/aromatic N) is 2. The van der Waals surface area contributed by atoms with E-state index in [1.165, 1.54) is 5.39 Å². The van der Waals surface area contributed by atoms with Crippen LogP contribution in [0.25, 0.3) is 10.9 Å². The van der Waals surface area contributed by atoms with Crippen LogP contribution in [0.1, 0.15) is 12.0 Å². The Hall–Kier alpha value is -1.39. The summed E-state index contributed by atoms with van der Waals surface area (Å²) in [4.78, 5) is 4.35. The Morgan fingerprint density at radius 2 is 2.20 bits per heavy atom. The van der Waals surface area contributed by atoms with E-state index in [1.54, 1.807) is 0 Å². The van der Waals surface area contributed by atoms with Gasteiger partial charge in [-0.25, -0.2) is 0 Å². The van der Waals surface area contributed by atoms with Crippen LogP contribution in [-0.2, 0) is 16.5 Å². The highest BCUT2D eigenvalue weighted by Gasteiger charge is 2.19. The first-order chi connectivity index (χ1) is 7.34. The Morgan fingerprint density at radius 3 is 3.00 bits per heavy atom. The second kappa shape index (κ2) is 3.32. The molecule has 0 bridgehead atoms. The van der Waals surface area contributed by atoms with Gasteiger partial charge in [0.05, 0.1) is 30.6 Å². The van der Waals surface area contributed by atoms with Crippen LogP contribution < -0.4 is 0 Å². The average molecular weight is 204 g/mol. The van der Waals surface area contributed by atoms with E-state index >= 15 is 0 Å². The smallest absolute Gasteiger partial charge is 0.201 e. The van der Waals surface area contributed by atoms with E-state index < -0.39 is 0 Å². The van der Waals surface area contributed by atoms with Gasteiger partial charge in [-0.3, -0.25) is 4.98 Å². The molecule has 0 radical (unpaired) electrons. The van der Waals surface area contributed by atoms with Crippen molar-refractivity contribution in [3.63, 3.8) is 0 Å². The van der Waals surface area contributed by atoms with Crippen molar-refractivity contribution in [1.82, 2.24) is 9.55 Å². The molecular formula is C11H12N2O2. The largest absolute Gasteiger partial charge is 0.349 e. The van der Waals surface area contributed by atoms with Crippen molar-refractivity contribution in [2.24, 2.45) is 7.05 Å². The van der Waals surface area contributed by atoms with Crippen LogP contribution in [0.3, 0.4) is 0 Å². The number of fused-ring (bicyclic) bond motifs is 1. The molecule has 4 nitrogen and oxygen atoms in total. The molecule has 1 aliphatic rings. The number of hydrogen-bond acceptors (Lipinski definition) is 3. The minimum atomic E-state index is -0.283. The molecule has 0 aliphatic carbocycles. The van der Waals surface area contributed by atoms with Crippen LogP contribution in [0.15, 0.2) is 24.5 Å². The highest BCUT2D eigenvalue weighted by atomic mass is 16.7. The van der Waals surface area contributed by atoms with Gasteiger partial charge in [-0.15, -0.1) is 0 Å². The maximum Gasteiger partial charge on any atom is 0.201 e. The molecule has 0 saturated carbocycles. The van der Waals surface area contributed by atoms with Crippen molar-refractivity contribution in [2.75, 3.05) is 13.2 Å². The number of ether oxygens (including phenoxy) is 2. The lowest BCUT2D eigenvalue weighted by molar-refractivity contribution is -0.0471. The predicted molar refractivity (Wildman–Crippen MR) is 55.4 cm³/mol. The molecule has 2 aromatic heterocycles. The zero-order valence-electron chi connectivity index (χ0n) is 8.51. The molecule has 0 atom stereocenters. The van der Waals surface area contributed by atoms with Crippen molar-refractivity contribution >= 4 is 10.9 Å². The quantitative estimate of drug-likeness (QED) is 0.708. The minimum Gasteiger partial charge on any atom is -0.349 e. The van der Waals surface area contributed by atoms with Crippen molar-refractivity contribution in [1.29, 1.82) is 0 Å². The van der Waals surface area contributed by atoms with Crippen molar-refractivity contribution in [3.8, 4) is 0 Å². The van der Waals surface area contributed by atoms with E-state index in [0.717, 1.165) is 11.2 Å². The molecule has 0 unspecified atom stereocenters. The Labute approximate surface area is 87.4 Å². The first-order valence-electron chi connectivity index (χ1n) is 4.99. The molecule has 3 heterocycles. The topological polar surface area (TPSA) is 36.3 Å². The van der Waals surface area contributed by atoms with Gasteiger partial charge in [0.15, 0.2) is 0 Å². The Balaban J connectivity index is 2.05. The van der Waals surface area contributed by atoms with Gasteiger partial charge >= 0.3 is 0 Å². The van der Waals surface area contributed by atoms with Gasteiger partial charge in [0, 0.05) is 18.6 Å². The lowest BCUT2D eigenvalue weighted by Gasteiger charge is -2.08. The summed E-state index contributed by atoms with van der Waals surface area (Å²) in [5.74, 6) is 0. The van der Waals surface area contributed by atoms with E-state index in [4.69, 9.17) is 9.47 Å². The summed E-state index contributed by atoms with van der Waals surface area (Å²) in [6, 6.07) is 4.08. The summed E-state index contributed by atoms with van der Waals surface area (Å²) in [6.45, 7) is 1.30. The molecule has 1 saturated heterocycles. The van der Waals surface area contributed by atoms with E-state index in [0.29, 0.717) is 13.2 Å². The molecule has 3 rings (SSSR count). The number of aromatic nitrogens is 2. The predicted octanol–water partition coefficient (Wildman–Crippen LogP) is 1.62. The maximum atomic E-state index is 5.40. The van der Waals surface area contributed by atoms with Crippen molar-refractivity contribution in [2.45, 2.75) is 6.29 Å². The van der Waals surface area contributed by atoms with E-state index in [-0.39, 0.29) is 6.29 Å². The molecule has 0 spiro atoms. The Kier molecular flexibility index (Phi) is 1.97. The molecule has 2 aromatic rings. The van der Waals surface area contributed by atoms with E-state index in [9.17, 15) is 0 Å². The summed E-state index contributed by atoms with van der Waals surface area (Å²) in [5, 5.41) is 1.17. The number of hydrogen-bond donors (Lipinski definition) is 0. The summed E-state index contributed by atoms with van der Waals surface area (Å²) in [7, 11) is 2.01. The molecule has 78 valence electrons. The van der Waals surface area contributed by atoms with Crippen molar-refractivity contribution < 1.29 is 9.47 Å². The molecule has 0 aromatic carbocycles. The number of rotatable bonds is 1. The lowest BCUT2D eigenvalue weighted by Crippen LogP contribution is -2.00. The summed E-state index contributed by atoms with van der Waals surface area (Å²) >= 11 is 0. The van der Waals surface area contributed by atoms with Gasteiger partial charge in [-0.1, -0.05) is 0 Å². The zero-order chi connectivity index (χ0) is 10.3. The first kappa shape index (κ1) is 8.88. The van der Waals surface area contributed by atoms with Crippen molar-refractivity contribution in [3.05, 3.63) is 30.2 Å². The number of aryl methyl sites for hydroxylation is 1. The highest BCUT2D eigenvalue weighted by molar-refractivity contribution is 5.79. The molecule has 4 heteroatoms. The third-order valence-corrected chi connectivity index (χ3v) is 2.66. The van der Waals surface area contributed by atoms with Crippen LogP contribution in [0, 0.1) is 0 Å². The summed E-state index contributed by atoms with van der Waals surface area (Å²) < 4.78 is 12.9. The van der Waals surface area contributed by atoms with Crippen LogP contribution in [0.2, 0.25) is 0 Å². The fraction of sp³-hybridized carbons (Fsp3) is 0.364. The van der Waals surface area contributed by atoms with Crippen LogP contribution in [0.5, 0.6) is 0 Å². The fourth-order valence-electron chi connectivity index (χ4n) is 1.84. The molecule has 1 aliphatic heterocycles. The second-order valence-electron chi connectivity index (χ2n) is 3.67. The minimum absolute atomic E-state index is 0.283. The van der Waals surface area contributed by atoms with Gasteiger partial charge in [-0.05, 0) is 12.1 Å². The van der Waals surface area contributed by atoms with Crippen LogP contribution in [0.4, 0.5) is 0 Å². The van der Waals surface area contributed by atoms with Gasteiger partial charge < -0.3 is 14.0 Å². The number of pyridine rings is 1. The second-order valence-corrected chi connectivity index (χ2v) is 3.67. The summed E-state index contributed by atoms with van der Waals surface area (Å²) in [5.41, 5.74) is 1.97. The van der Waals surface area contributed by atoms with Gasteiger partial charge in [0.25, 0.3) is 0 Å². The maximum absolute atomic E-state index is 5.40. The van der Waals surface area contributed by atoms with Gasteiger partial charge in [-0.2, -0.15) is 0 Å². The molecule has 0 N–H and O–H groups in total. The third kappa shape index (κ3) is 1.42. The molecule has 15 heavy (non-hydrogen) atoms. The van der Waals surface area contributed by atoms with Crippen LogP contribution in [-0.4, -0.2) is 22.8 Å². The Morgan fingerprint density at radius 1 is 1.40 bits per heavy atom. The SMILES string of the molecule is Cn1ccc2cc(C3OCCO3)ncc21. The van der Waals surface area contributed by atoms with E-state index in [1.807, 2.05) is 30.1 Å². The summed E-state index contributed by atoms with van der Waals surface area (Å²) in [6.07, 6.45) is 3.59. The fourth-order valence-corrected chi connectivity index (χ4v) is 1.84. The normalized spacial score (nSPS) is 17.7. The third-order valence-electron chi connectivity index (χ3n) is 2.66. The Bertz CT molecular complexity index is 486. The molecule has 1 fully saturated rings. The molecule has 0 amide bonds. The lowest BCUT2D eigenvalue weighted by atomic mass is 10.2. The van der Waals surface area contributed by atoms with E-state index in [2.05, 4.69) is 11.1 Å². The monoisotopic (exact) mass is 204 g/mol. The standard InChI is InChI=1S/C11H12N2O2/c1-13-3-2-8-6-9(12-7-10(8)13)11-14-4-5-15-11/h2-3,6-7,11H,4-5H2,1H3. The highest BCUT2D eigenvalue weighted by Crippen LogP contribution is 2.24. The average Bonchev–Trinajstić information content (AvgIpc) is 2.88. The molecular weight excluding hydrogens is 192 g/mol.